The number of amides is 2. The van der Waals surface area contributed by atoms with E-state index in [2.05, 4.69) is 5.32 Å². The maximum atomic E-state index is 13.6. The number of nitrogens with one attached hydrogen (secondary N) is 1. The summed E-state index contributed by atoms with van der Waals surface area (Å²) in [6.45, 7) is 0. The van der Waals surface area contributed by atoms with Crippen LogP contribution in [0.4, 0.5) is 5.69 Å². The second-order valence-corrected chi connectivity index (χ2v) is 8.28. The van der Waals surface area contributed by atoms with E-state index in [9.17, 15) is 9.59 Å². The van der Waals surface area contributed by atoms with E-state index in [1.807, 2.05) is 30.3 Å². The van der Waals surface area contributed by atoms with Crippen molar-refractivity contribution in [1.29, 1.82) is 0 Å². The van der Waals surface area contributed by atoms with Gasteiger partial charge in [-0.05, 0) is 18.4 Å². The van der Waals surface area contributed by atoms with Crippen LogP contribution in [-0.4, -0.2) is 44.1 Å². The summed E-state index contributed by atoms with van der Waals surface area (Å²) >= 11 is 0. The van der Waals surface area contributed by atoms with Crippen LogP contribution < -0.4 is 19.5 Å². The third kappa shape index (κ3) is 4.40. The number of anilines is 1. The van der Waals surface area contributed by atoms with E-state index >= 15 is 0 Å². The van der Waals surface area contributed by atoms with Crippen LogP contribution in [0.3, 0.4) is 0 Å². The first-order valence-electron chi connectivity index (χ1n) is 11.3. The van der Waals surface area contributed by atoms with Crippen LogP contribution in [0.1, 0.15) is 44.1 Å². The van der Waals surface area contributed by atoms with Gasteiger partial charge in [0, 0.05) is 23.9 Å². The normalized spacial score (nSPS) is 17.2. The Morgan fingerprint density at radius 3 is 1.97 bits per heavy atom. The van der Waals surface area contributed by atoms with E-state index in [0.717, 1.165) is 38.5 Å². The predicted octanol–water partition coefficient (Wildman–Crippen LogP) is 4.63. The molecule has 2 aliphatic rings. The molecule has 0 atom stereocenters. The standard InChI is InChI=1S/C26H30N2O5/c1-31-20-15-18(16-21(32-2)24(20)33-3)27-23-22(17-11-7-6-8-12-17)25(29)28(26(23)30)19-13-9-4-5-10-14-19/h6-8,11-12,15-16,19,27H,4-5,9-10,13-14H2,1-3H3. The fourth-order valence-electron chi connectivity index (χ4n) is 4.68. The molecule has 0 bridgehead atoms. The van der Waals surface area contributed by atoms with Gasteiger partial charge in [0.25, 0.3) is 11.8 Å². The molecule has 1 heterocycles. The number of benzene rings is 2. The maximum absolute atomic E-state index is 13.6. The molecule has 1 saturated carbocycles. The van der Waals surface area contributed by atoms with Gasteiger partial charge in [0.1, 0.15) is 5.70 Å². The summed E-state index contributed by atoms with van der Waals surface area (Å²) in [5, 5.41) is 3.21. The Hall–Kier alpha value is -3.48. The fourth-order valence-corrected chi connectivity index (χ4v) is 4.68. The molecule has 0 aromatic heterocycles. The number of imide groups is 1. The molecular formula is C26H30N2O5. The van der Waals surface area contributed by atoms with E-state index in [-0.39, 0.29) is 23.6 Å². The van der Waals surface area contributed by atoms with Crippen LogP contribution in [0.2, 0.25) is 0 Å². The largest absolute Gasteiger partial charge is 0.493 e. The number of hydrogen-bond donors (Lipinski definition) is 1. The van der Waals surface area contributed by atoms with Gasteiger partial charge in [-0.1, -0.05) is 56.0 Å². The first-order valence-corrected chi connectivity index (χ1v) is 11.3. The smallest absolute Gasteiger partial charge is 0.278 e. The number of carbonyl (C=O) groups is 2. The van der Waals surface area contributed by atoms with E-state index < -0.39 is 0 Å². The molecule has 0 saturated heterocycles. The van der Waals surface area contributed by atoms with Gasteiger partial charge in [-0.15, -0.1) is 0 Å². The highest BCUT2D eigenvalue weighted by Crippen LogP contribution is 2.41. The molecule has 0 spiro atoms. The van der Waals surface area contributed by atoms with E-state index in [1.165, 1.54) is 26.2 Å². The van der Waals surface area contributed by atoms with Crippen molar-refractivity contribution in [3.05, 3.63) is 53.7 Å². The average molecular weight is 451 g/mol. The lowest BCUT2D eigenvalue weighted by Crippen LogP contribution is -2.41. The molecule has 2 aromatic rings. The first-order chi connectivity index (χ1) is 16.1. The van der Waals surface area contributed by atoms with Gasteiger partial charge in [-0.3, -0.25) is 14.5 Å². The summed E-state index contributed by atoms with van der Waals surface area (Å²) in [6.07, 6.45) is 6.02. The lowest BCUT2D eigenvalue weighted by atomic mass is 10.0. The topological polar surface area (TPSA) is 77.1 Å². The highest BCUT2D eigenvalue weighted by Gasteiger charge is 2.42. The van der Waals surface area contributed by atoms with Gasteiger partial charge >= 0.3 is 0 Å². The molecule has 0 unspecified atom stereocenters. The number of carbonyl (C=O) groups excluding carboxylic acids is 2. The SMILES string of the molecule is COc1cc(NC2=C(c3ccccc3)C(=O)N(C3CCCCCC3)C2=O)cc(OC)c1OC. The molecule has 7 heteroatoms. The second-order valence-electron chi connectivity index (χ2n) is 8.28. The molecule has 0 radical (unpaired) electrons. The molecule has 174 valence electrons. The van der Waals surface area contributed by atoms with Crippen LogP contribution in [0.25, 0.3) is 5.57 Å². The molecule has 1 fully saturated rings. The van der Waals surface area contributed by atoms with Crippen molar-refractivity contribution in [1.82, 2.24) is 4.90 Å². The Morgan fingerprint density at radius 2 is 1.42 bits per heavy atom. The van der Waals surface area contributed by atoms with Crippen molar-refractivity contribution in [3.63, 3.8) is 0 Å². The fraction of sp³-hybridized carbons (Fsp3) is 0.385. The van der Waals surface area contributed by atoms with Crippen molar-refractivity contribution in [3.8, 4) is 17.2 Å². The van der Waals surface area contributed by atoms with Crippen molar-refractivity contribution >= 4 is 23.1 Å². The zero-order valence-corrected chi connectivity index (χ0v) is 19.3. The Balaban J connectivity index is 1.77. The number of hydrogen-bond acceptors (Lipinski definition) is 6. The molecular weight excluding hydrogens is 420 g/mol. The Morgan fingerprint density at radius 1 is 0.818 bits per heavy atom. The third-order valence-corrected chi connectivity index (χ3v) is 6.30. The molecule has 4 rings (SSSR count). The number of methoxy groups -OCH3 is 3. The van der Waals surface area contributed by atoms with Gasteiger partial charge < -0.3 is 19.5 Å². The van der Waals surface area contributed by atoms with Gasteiger partial charge in [0.05, 0.1) is 26.9 Å². The van der Waals surface area contributed by atoms with E-state index in [1.54, 1.807) is 12.1 Å². The minimum atomic E-state index is -0.292. The molecule has 1 aliphatic heterocycles. The van der Waals surface area contributed by atoms with Gasteiger partial charge in [-0.2, -0.15) is 0 Å². The summed E-state index contributed by atoms with van der Waals surface area (Å²) in [4.78, 5) is 28.7. The third-order valence-electron chi connectivity index (χ3n) is 6.30. The second kappa shape index (κ2) is 9.98. The maximum Gasteiger partial charge on any atom is 0.278 e. The predicted molar refractivity (Wildman–Crippen MR) is 126 cm³/mol. The van der Waals surface area contributed by atoms with Crippen LogP contribution in [0.15, 0.2) is 48.2 Å². The van der Waals surface area contributed by atoms with Gasteiger partial charge in [0.15, 0.2) is 11.5 Å². The van der Waals surface area contributed by atoms with Gasteiger partial charge in [-0.25, -0.2) is 0 Å². The zero-order chi connectivity index (χ0) is 23.4. The summed E-state index contributed by atoms with van der Waals surface area (Å²) in [5.74, 6) is 0.835. The van der Waals surface area contributed by atoms with Crippen LogP contribution in [-0.2, 0) is 9.59 Å². The molecule has 33 heavy (non-hydrogen) atoms. The summed E-state index contributed by atoms with van der Waals surface area (Å²) in [6, 6.07) is 12.7. The molecule has 2 aromatic carbocycles. The minimum Gasteiger partial charge on any atom is -0.493 e. The monoisotopic (exact) mass is 450 g/mol. The number of rotatable bonds is 7. The quantitative estimate of drug-likeness (QED) is 0.490. The van der Waals surface area contributed by atoms with Crippen LogP contribution >= 0.6 is 0 Å². The summed E-state index contributed by atoms with van der Waals surface area (Å²) in [5.41, 5.74) is 1.93. The Bertz CT molecular complexity index is 1030. The van der Waals surface area contributed by atoms with E-state index in [0.29, 0.717) is 34.1 Å². The minimum absolute atomic E-state index is 0.0783. The zero-order valence-electron chi connectivity index (χ0n) is 19.3. The van der Waals surface area contributed by atoms with Crippen molar-refractivity contribution in [2.45, 2.75) is 44.6 Å². The Kier molecular flexibility index (Phi) is 6.87. The highest BCUT2D eigenvalue weighted by atomic mass is 16.5. The average Bonchev–Trinajstić information content (AvgIpc) is 3.00. The number of nitrogens with zero attached hydrogens (tertiary/aromatic N) is 1. The molecule has 1 aliphatic carbocycles. The van der Waals surface area contributed by atoms with Crippen LogP contribution in [0.5, 0.6) is 17.2 Å². The van der Waals surface area contributed by atoms with Crippen LogP contribution in [0, 0.1) is 0 Å². The van der Waals surface area contributed by atoms with Gasteiger partial charge in [0.2, 0.25) is 5.75 Å². The lowest BCUT2D eigenvalue weighted by Gasteiger charge is -2.25. The first kappa shape index (κ1) is 22.7. The van der Waals surface area contributed by atoms with Crippen molar-refractivity contribution in [2.24, 2.45) is 0 Å². The highest BCUT2D eigenvalue weighted by molar-refractivity contribution is 6.36. The summed E-state index contributed by atoms with van der Waals surface area (Å²) in [7, 11) is 4.61. The van der Waals surface area contributed by atoms with Crippen molar-refractivity contribution in [2.75, 3.05) is 26.6 Å². The summed E-state index contributed by atoms with van der Waals surface area (Å²) < 4.78 is 16.3. The molecule has 7 nitrogen and oxygen atoms in total. The van der Waals surface area contributed by atoms with Crippen molar-refractivity contribution < 1.29 is 23.8 Å². The number of ether oxygens (including phenoxy) is 3. The molecule has 2 amide bonds. The lowest BCUT2D eigenvalue weighted by molar-refractivity contribution is -0.139. The molecule has 1 N–H and O–H groups in total. The van der Waals surface area contributed by atoms with E-state index in [4.69, 9.17) is 14.2 Å². The Labute approximate surface area is 194 Å².